The van der Waals surface area contributed by atoms with Crippen LogP contribution in [0.5, 0.6) is 0 Å². The lowest BCUT2D eigenvalue weighted by molar-refractivity contribution is -0.380. The van der Waals surface area contributed by atoms with E-state index in [-0.39, 0.29) is 16.0 Å². The predicted octanol–water partition coefficient (Wildman–Crippen LogP) is 3.88. The van der Waals surface area contributed by atoms with Crippen molar-refractivity contribution >= 4 is 27.9 Å². The van der Waals surface area contributed by atoms with Gasteiger partial charge in [0, 0.05) is 36.1 Å². The lowest BCUT2D eigenvalue weighted by atomic mass is 10.1. The molecule has 0 N–H and O–H groups in total. The molecule has 1 aliphatic heterocycles. The standard InChI is InChI=1S/C15H15ClN2O3S/c16-13-3-1-12(2-4-13)14-9-17(5-6-21-14)8-11-7-15(18(19)20)22-10-11/h1-4,7,10,14H,5-6,8-9H2/t14-/m1/s1. The molecule has 0 spiro atoms. The molecule has 1 atom stereocenters. The number of halogens is 1. The molecule has 1 aliphatic rings. The van der Waals surface area contributed by atoms with Gasteiger partial charge >= 0.3 is 5.00 Å². The Kier molecular flexibility index (Phi) is 4.73. The van der Waals surface area contributed by atoms with Crippen molar-refractivity contribution in [1.82, 2.24) is 4.90 Å². The van der Waals surface area contributed by atoms with Gasteiger partial charge in [-0.25, -0.2) is 0 Å². The minimum atomic E-state index is -0.343. The van der Waals surface area contributed by atoms with E-state index in [1.807, 2.05) is 29.6 Å². The van der Waals surface area contributed by atoms with Crippen LogP contribution in [0.25, 0.3) is 0 Å². The first-order valence-electron chi connectivity index (χ1n) is 6.93. The Bertz CT molecular complexity index is 659. The van der Waals surface area contributed by atoms with Crippen molar-refractivity contribution < 1.29 is 9.66 Å². The molecule has 0 radical (unpaired) electrons. The van der Waals surface area contributed by atoms with Gasteiger partial charge in [0.1, 0.15) is 0 Å². The van der Waals surface area contributed by atoms with Gasteiger partial charge in [0.25, 0.3) is 0 Å². The van der Waals surface area contributed by atoms with Crippen LogP contribution < -0.4 is 0 Å². The molecule has 1 aromatic heterocycles. The van der Waals surface area contributed by atoms with Crippen molar-refractivity contribution in [1.29, 1.82) is 0 Å². The summed E-state index contributed by atoms with van der Waals surface area (Å²) in [7, 11) is 0. The molecule has 5 nitrogen and oxygen atoms in total. The summed E-state index contributed by atoms with van der Waals surface area (Å²) >= 11 is 7.08. The Balaban J connectivity index is 1.65. The fourth-order valence-electron chi connectivity index (χ4n) is 2.52. The molecule has 1 aromatic carbocycles. The van der Waals surface area contributed by atoms with Crippen LogP contribution in [0.1, 0.15) is 17.2 Å². The topological polar surface area (TPSA) is 55.6 Å². The van der Waals surface area contributed by atoms with Crippen LogP contribution in [0.3, 0.4) is 0 Å². The molecule has 22 heavy (non-hydrogen) atoms. The van der Waals surface area contributed by atoms with Crippen LogP contribution >= 0.6 is 22.9 Å². The summed E-state index contributed by atoms with van der Waals surface area (Å²) in [5.41, 5.74) is 2.08. The molecule has 0 unspecified atom stereocenters. The third kappa shape index (κ3) is 3.64. The van der Waals surface area contributed by atoms with Crippen molar-refractivity contribution in [2.75, 3.05) is 19.7 Å². The van der Waals surface area contributed by atoms with E-state index in [0.29, 0.717) is 18.2 Å². The van der Waals surface area contributed by atoms with Gasteiger partial charge in [-0.2, -0.15) is 0 Å². The van der Waals surface area contributed by atoms with Gasteiger partial charge in [-0.1, -0.05) is 35.1 Å². The normalized spacial score (nSPS) is 19.2. The minimum absolute atomic E-state index is 0.0136. The summed E-state index contributed by atoms with van der Waals surface area (Å²) in [4.78, 5) is 12.7. The van der Waals surface area contributed by atoms with E-state index in [4.69, 9.17) is 16.3 Å². The molecule has 7 heteroatoms. The molecule has 0 bridgehead atoms. The summed E-state index contributed by atoms with van der Waals surface area (Å²) in [6, 6.07) is 9.33. The van der Waals surface area contributed by atoms with Gasteiger partial charge in [0.05, 0.1) is 17.6 Å². The van der Waals surface area contributed by atoms with E-state index < -0.39 is 0 Å². The predicted molar refractivity (Wildman–Crippen MR) is 86.4 cm³/mol. The van der Waals surface area contributed by atoms with Crippen LogP contribution in [0.4, 0.5) is 5.00 Å². The van der Waals surface area contributed by atoms with Crippen LogP contribution in [0.2, 0.25) is 5.02 Å². The van der Waals surface area contributed by atoms with Crippen LogP contribution in [-0.2, 0) is 11.3 Å². The lowest BCUT2D eigenvalue weighted by Crippen LogP contribution is -2.37. The average Bonchev–Trinajstić information content (AvgIpc) is 2.97. The summed E-state index contributed by atoms with van der Waals surface area (Å²) in [6.45, 7) is 2.95. The number of hydrogen-bond acceptors (Lipinski definition) is 5. The first kappa shape index (κ1) is 15.4. The molecule has 2 aromatic rings. The van der Waals surface area contributed by atoms with Gasteiger partial charge in [-0.15, -0.1) is 0 Å². The Labute approximate surface area is 137 Å². The smallest absolute Gasteiger partial charge is 0.324 e. The molecular weight excluding hydrogens is 324 g/mol. The number of rotatable bonds is 4. The summed E-state index contributed by atoms with van der Waals surface area (Å²) < 4.78 is 5.82. The highest BCUT2D eigenvalue weighted by atomic mass is 35.5. The molecular formula is C15H15ClN2O3S. The Morgan fingerprint density at radius 3 is 2.86 bits per heavy atom. The molecule has 1 fully saturated rings. The molecule has 0 saturated carbocycles. The largest absolute Gasteiger partial charge is 0.371 e. The monoisotopic (exact) mass is 338 g/mol. The van der Waals surface area contributed by atoms with Crippen molar-refractivity contribution in [3.05, 3.63) is 62.0 Å². The molecule has 1 saturated heterocycles. The molecule has 116 valence electrons. The number of thiophene rings is 1. The van der Waals surface area contributed by atoms with Crippen molar-refractivity contribution in [2.45, 2.75) is 12.6 Å². The molecule has 0 amide bonds. The zero-order valence-electron chi connectivity index (χ0n) is 11.8. The fraction of sp³-hybridized carbons (Fsp3) is 0.333. The highest BCUT2D eigenvalue weighted by Gasteiger charge is 2.22. The van der Waals surface area contributed by atoms with E-state index in [1.165, 1.54) is 11.3 Å². The number of morpholine rings is 1. The van der Waals surface area contributed by atoms with Crippen molar-refractivity contribution in [3.8, 4) is 0 Å². The van der Waals surface area contributed by atoms with Crippen LogP contribution in [0, 0.1) is 10.1 Å². The Morgan fingerprint density at radius 2 is 2.18 bits per heavy atom. The maximum absolute atomic E-state index is 10.7. The quantitative estimate of drug-likeness (QED) is 0.627. The maximum Gasteiger partial charge on any atom is 0.324 e. The molecule has 2 heterocycles. The van der Waals surface area contributed by atoms with Gasteiger partial charge in [0.15, 0.2) is 0 Å². The number of ether oxygens (including phenoxy) is 1. The van der Waals surface area contributed by atoms with E-state index in [1.54, 1.807) is 6.07 Å². The third-order valence-electron chi connectivity index (χ3n) is 3.62. The van der Waals surface area contributed by atoms with Crippen molar-refractivity contribution in [2.24, 2.45) is 0 Å². The third-order valence-corrected chi connectivity index (χ3v) is 4.80. The minimum Gasteiger partial charge on any atom is -0.371 e. The first-order chi connectivity index (χ1) is 10.6. The van der Waals surface area contributed by atoms with E-state index in [2.05, 4.69) is 4.90 Å². The second-order valence-electron chi connectivity index (χ2n) is 5.20. The van der Waals surface area contributed by atoms with Crippen molar-refractivity contribution in [3.63, 3.8) is 0 Å². The zero-order valence-corrected chi connectivity index (χ0v) is 13.3. The second kappa shape index (κ2) is 6.75. The number of nitrogens with zero attached hydrogens (tertiary/aromatic N) is 2. The van der Waals surface area contributed by atoms with Crippen LogP contribution in [0.15, 0.2) is 35.7 Å². The molecule has 3 rings (SSSR count). The van der Waals surface area contributed by atoms with E-state index in [0.717, 1.165) is 24.2 Å². The zero-order chi connectivity index (χ0) is 15.5. The summed E-state index contributed by atoms with van der Waals surface area (Å²) in [5, 5.41) is 13.5. The van der Waals surface area contributed by atoms with Gasteiger partial charge in [0.2, 0.25) is 0 Å². The van der Waals surface area contributed by atoms with Gasteiger partial charge < -0.3 is 4.74 Å². The number of hydrogen-bond donors (Lipinski definition) is 0. The average molecular weight is 339 g/mol. The van der Waals surface area contributed by atoms with Gasteiger partial charge in [-0.3, -0.25) is 15.0 Å². The molecule has 0 aliphatic carbocycles. The maximum atomic E-state index is 10.7. The Hall–Kier alpha value is -1.47. The second-order valence-corrected chi connectivity index (χ2v) is 6.52. The Morgan fingerprint density at radius 1 is 1.41 bits per heavy atom. The van der Waals surface area contributed by atoms with Gasteiger partial charge in [-0.05, 0) is 23.3 Å². The van der Waals surface area contributed by atoms with E-state index in [9.17, 15) is 10.1 Å². The summed E-state index contributed by atoms with van der Waals surface area (Å²) in [5.74, 6) is 0. The highest BCUT2D eigenvalue weighted by Crippen LogP contribution is 2.27. The first-order valence-corrected chi connectivity index (χ1v) is 8.19. The fourth-order valence-corrected chi connectivity index (χ4v) is 3.37. The van der Waals surface area contributed by atoms with Crippen LogP contribution in [-0.4, -0.2) is 29.5 Å². The lowest BCUT2D eigenvalue weighted by Gasteiger charge is -2.33. The summed E-state index contributed by atoms with van der Waals surface area (Å²) in [6.07, 6.45) is 0.0136. The SMILES string of the molecule is O=[N+]([O-])c1cc(CN2CCO[C@@H](c3ccc(Cl)cc3)C2)cs1. The van der Waals surface area contributed by atoms with E-state index >= 15 is 0 Å². The highest BCUT2D eigenvalue weighted by molar-refractivity contribution is 7.13. The number of nitro groups is 1. The number of benzene rings is 1.